The summed E-state index contributed by atoms with van der Waals surface area (Å²) in [4.78, 5) is 25.9. The summed E-state index contributed by atoms with van der Waals surface area (Å²) in [6, 6.07) is 5.84. The van der Waals surface area contributed by atoms with Gasteiger partial charge in [0.2, 0.25) is 10.0 Å². The van der Waals surface area contributed by atoms with E-state index in [1.165, 1.54) is 29.0 Å². The number of fused-ring (bicyclic) bond motifs is 1. The topological polar surface area (TPSA) is 132 Å². The Labute approximate surface area is 177 Å². The molecule has 31 heavy (non-hydrogen) atoms. The van der Waals surface area contributed by atoms with Gasteiger partial charge in [-0.15, -0.1) is 6.42 Å². The molecule has 1 aromatic carbocycles. The lowest BCUT2D eigenvalue weighted by atomic mass is 10.2. The van der Waals surface area contributed by atoms with E-state index in [9.17, 15) is 23.3 Å². The largest absolute Gasteiger partial charge is 0.332 e. The number of aryl methyl sites for hydroxylation is 1. The van der Waals surface area contributed by atoms with Crippen molar-refractivity contribution in [2.45, 2.75) is 36.4 Å². The van der Waals surface area contributed by atoms with Crippen molar-refractivity contribution in [3.8, 4) is 18.4 Å². The van der Waals surface area contributed by atoms with E-state index in [4.69, 9.17) is 6.42 Å². The standard InChI is InChI=1S/C20H18N6O4S/c1-3-8-25-17-5-4-15(31(29,30)23-20(13-21)6-7-20)9-16(17)18(27)26(19(25)28)12-14-10-22-24(2)11-14/h1,4-5,9-11,23H,6-8,12H2,2H3. The lowest BCUT2D eigenvalue weighted by Gasteiger charge is -2.14. The first kappa shape index (κ1) is 20.6. The maximum Gasteiger partial charge on any atom is 0.332 e. The molecule has 1 fully saturated rings. The molecule has 1 N–H and O–H groups in total. The monoisotopic (exact) mass is 438 g/mol. The molecule has 0 amide bonds. The fourth-order valence-electron chi connectivity index (χ4n) is 3.37. The first-order valence-electron chi connectivity index (χ1n) is 9.33. The van der Waals surface area contributed by atoms with Crippen molar-refractivity contribution in [2.75, 3.05) is 0 Å². The molecule has 2 heterocycles. The Kier molecular flexibility index (Phi) is 4.81. The minimum absolute atomic E-state index is 0.0309. The minimum Gasteiger partial charge on any atom is -0.282 e. The third-order valence-electron chi connectivity index (χ3n) is 5.15. The van der Waals surface area contributed by atoms with Crippen molar-refractivity contribution in [2.24, 2.45) is 7.05 Å². The van der Waals surface area contributed by atoms with Gasteiger partial charge in [0.05, 0.1) is 41.2 Å². The van der Waals surface area contributed by atoms with Crippen LogP contribution in [0.4, 0.5) is 0 Å². The minimum atomic E-state index is -4.04. The van der Waals surface area contributed by atoms with E-state index >= 15 is 0 Å². The predicted octanol–water partition coefficient (Wildman–Crippen LogP) is -0.0873. The number of nitrogens with one attached hydrogen (secondary N) is 1. The maximum absolute atomic E-state index is 13.2. The average molecular weight is 438 g/mol. The SMILES string of the molecule is C#CCn1c(=O)n(Cc2cnn(C)c2)c(=O)c2cc(S(=O)(=O)NC3(C#N)CC3)ccc21. The fourth-order valence-corrected chi connectivity index (χ4v) is 4.77. The number of rotatable bonds is 6. The Bertz CT molecular complexity index is 1510. The van der Waals surface area contributed by atoms with Gasteiger partial charge in [-0.1, -0.05) is 5.92 Å². The Morgan fingerprint density at radius 2 is 2.03 bits per heavy atom. The number of benzene rings is 1. The van der Waals surface area contributed by atoms with Gasteiger partial charge in [-0.2, -0.15) is 15.1 Å². The van der Waals surface area contributed by atoms with Gasteiger partial charge in [-0.3, -0.25) is 18.6 Å². The van der Waals surface area contributed by atoms with Crippen LogP contribution in [0, 0.1) is 23.7 Å². The highest BCUT2D eigenvalue weighted by molar-refractivity contribution is 7.89. The molecule has 1 aliphatic carbocycles. The third-order valence-corrected chi connectivity index (χ3v) is 6.68. The van der Waals surface area contributed by atoms with Gasteiger partial charge in [0, 0.05) is 18.8 Å². The van der Waals surface area contributed by atoms with E-state index in [0.717, 1.165) is 4.57 Å². The summed E-state index contributed by atoms with van der Waals surface area (Å²) in [5.41, 5.74) is -1.49. The molecule has 0 aliphatic heterocycles. The van der Waals surface area contributed by atoms with Crippen LogP contribution in [0.3, 0.4) is 0 Å². The maximum atomic E-state index is 13.2. The Hall–Kier alpha value is -3.67. The summed E-state index contributed by atoms with van der Waals surface area (Å²) in [6.45, 7) is -0.136. The number of sulfonamides is 1. The zero-order valence-electron chi connectivity index (χ0n) is 16.6. The molecule has 0 radical (unpaired) electrons. The normalized spacial score (nSPS) is 14.8. The highest BCUT2D eigenvalue weighted by Crippen LogP contribution is 2.36. The van der Waals surface area contributed by atoms with Crippen LogP contribution in [-0.2, 0) is 30.2 Å². The molecule has 10 nitrogen and oxygen atoms in total. The van der Waals surface area contributed by atoms with E-state index in [2.05, 4.69) is 15.7 Å². The molecule has 2 aromatic heterocycles. The summed E-state index contributed by atoms with van der Waals surface area (Å²) in [6.07, 6.45) is 9.46. The molecular weight excluding hydrogens is 420 g/mol. The van der Waals surface area contributed by atoms with Crippen LogP contribution in [0.25, 0.3) is 10.9 Å². The van der Waals surface area contributed by atoms with Crippen molar-refractivity contribution >= 4 is 20.9 Å². The Balaban J connectivity index is 1.90. The molecule has 0 saturated heterocycles. The lowest BCUT2D eigenvalue weighted by Crippen LogP contribution is -2.40. The first-order chi connectivity index (χ1) is 14.7. The molecular formula is C20H18N6O4S. The van der Waals surface area contributed by atoms with Crippen LogP contribution >= 0.6 is 0 Å². The van der Waals surface area contributed by atoms with Gasteiger partial charge in [-0.05, 0) is 31.0 Å². The number of hydrogen-bond donors (Lipinski definition) is 1. The second-order valence-electron chi connectivity index (χ2n) is 7.46. The number of terminal acetylenes is 1. The molecule has 158 valence electrons. The third kappa shape index (κ3) is 3.65. The Morgan fingerprint density at radius 3 is 2.61 bits per heavy atom. The lowest BCUT2D eigenvalue weighted by molar-refractivity contribution is 0.571. The summed E-state index contributed by atoms with van der Waals surface area (Å²) < 4.78 is 31.7. The highest BCUT2D eigenvalue weighted by Gasteiger charge is 2.46. The molecule has 0 atom stereocenters. The predicted molar refractivity (Wildman–Crippen MR) is 112 cm³/mol. The summed E-state index contributed by atoms with van der Waals surface area (Å²) in [5, 5.41) is 13.3. The van der Waals surface area contributed by atoms with Gasteiger partial charge >= 0.3 is 5.69 Å². The van der Waals surface area contributed by atoms with Gasteiger partial charge in [-0.25, -0.2) is 13.2 Å². The number of nitrogens with zero attached hydrogens (tertiary/aromatic N) is 5. The summed E-state index contributed by atoms with van der Waals surface area (Å²) >= 11 is 0. The Morgan fingerprint density at radius 1 is 1.29 bits per heavy atom. The highest BCUT2D eigenvalue weighted by atomic mass is 32.2. The van der Waals surface area contributed by atoms with Crippen molar-refractivity contribution in [3.63, 3.8) is 0 Å². The van der Waals surface area contributed by atoms with Crippen molar-refractivity contribution in [1.82, 2.24) is 23.6 Å². The second-order valence-corrected chi connectivity index (χ2v) is 9.15. The molecule has 1 saturated carbocycles. The van der Waals surface area contributed by atoms with E-state index < -0.39 is 26.8 Å². The van der Waals surface area contributed by atoms with Gasteiger partial charge in [0.15, 0.2) is 0 Å². The van der Waals surface area contributed by atoms with Crippen molar-refractivity contribution in [3.05, 3.63) is 57.0 Å². The number of aromatic nitrogens is 4. The molecule has 0 unspecified atom stereocenters. The van der Waals surface area contributed by atoms with Crippen LogP contribution in [-0.4, -0.2) is 32.9 Å². The molecule has 3 aromatic rings. The van der Waals surface area contributed by atoms with Crippen LogP contribution in [0.1, 0.15) is 18.4 Å². The van der Waals surface area contributed by atoms with Crippen LogP contribution in [0.2, 0.25) is 0 Å². The average Bonchev–Trinajstić information content (AvgIpc) is 3.38. The molecule has 4 rings (SSSR count). The van der Waals surface area contributed by atoms with Gasteiger partial charge in [0.25, 0.3) is 5.56 Å². The molecule has 0 spiro atoms. The fraction of sp³-hybridized carbons (Fsp3) is 0.300. The van der Waals surface area contributed by atoms with Crippen LogP contribution in [0.15, 0.2) is 45.1 Å². The van der Waals surface area contributed by atoms with E-state index in [1.54, 1.807) is 17.9 Å². The zero-order valence-corrected chi connectivity index (χ0v) is 17.4. The quantitative estimate of drug-likeness (QED) is 0.535. The van der Waals surface area contributed by atoms with Gasteiger partial charge in [0.1, 0.15) is 5.54 Å². The summed E-state index contributed by atoms with van der Waals surface area (Å²) in [5.74, 6) is 2.39. The van der Waals surface area contributed by atoms with Gasteiger partial charge < -0.3 is 0 Å². The van der Waals surface area contributed by atoms with Crippen LogP contribution in [0.5, 0.6) is 0 Å². The molecule has 0 bridgehead atoms. The zero-order chi connectivity index (χ0) is 22.4. The second kappa shape index (κ2) is 7.23. The van der Waals surface area contributed by atoms with Crippen molar-refractivity contribution < 1.29 is 8.42 Å². The first-order valence-corrected chi connectivity index (χ1v) is 10.8. The number of hydrogen-bond acceptors (Lipinski definition) is 6. The van der Waals surface area contributed by atoms with E-state index in [-0.39, 0.29) is 28.9 Å². The number of nitriles is 1. The van der Waals surface area contributed by atoms with Crippen LogP contribution < -0.4 is 16.0 Å². The van der Waals surface area contributed by atoms with Crippen molar-refractivity contribution in [1.29, 1.82) is 5.26 Å². The smallest absolute Gasteiger partial charge is 0.282 e. The van der Waals surface area contributed by atoms with E-state index in [1.807, 2.05) is 6.07 Å². The van der Waals surface area contributed by atoms with E-state index in [0.29, 0.717) is 18.4 Å². The summed E-state index contributed by atoms with van der Waals surface area (Å²) in [7, 11) is -2.33. The molecule has 11 heteroatoms. The molecule has 1 aliphatic rings.